The molecule has 1 aromatic rings. The van der Waals surface area contributed by atoms with Gasteiger partial charge in [0.05, 0.1) is 12.8 Å². The summed E-state index contributed by atoms with van der Waals surface area (Å²) in [5, 5.41) is 5.76. The zero-order valence-corrected chi connectivity index (χ0v) is 12.8. The van der Waals surface area contributed by atoms with Gasteiger partial charge in [0.25, 0.3) is 0 Å². The van der Waals surface area contributed by atoms with Crippen LogP contribution in [0.3, 0.4) is 0 Å². The Balaban J connectivity index is 1.85. The van der Waals surface area contributed by atoms with Gasteiger partial charge in [0.15, 0.2) is 0 Å². The van der Waals surface area contributed by atoms with E-state index in [1.54, 1.807) is 32.2 Å². The van der Waals surface area contributed by atoms with Crippen molar-refractivity contribution in [3.05, 3.63) is 24.2 Å². The quantitative estimate of drug-likeness (QED) is 0.818. The fraction of sp³-hybridized carbons (Fsp3) is 0.625. The van der Waals surface area contributed by atoms with Crippen LogP contribution < -0.4 is 10.6 Å². The molecule has 2 amide bonds. The van der Waals surface area contributed by atoms with Crippen LogP contribution in [0.1, 0.15) is 51.7 Å². The Labute approximate surface area is 125 Å². The lowest BCUT2D eigenvalue weighted by Crippen LogP contribution is -2.50. The molecule has 1 aromatic heterocycles. The van der Waals surface area contributed by atoms with Gasteiger partial charge in [-0.25, -0.2) is 0 Å². The molecule has 5 heteroatoms. The zero-order chi connectivity index (χ0) is 15.3. The normalized spacial score (nSPS) is 16.5. The number of nitrogens with one attached hydrogen (secondary N) is 2. The van der Waals surface area contributed by atoms with E-state index in [0.29, 0.717) is 12.3 Å². The van der Waals surface area contributed by atoms with E-state index in [1.165, 1.54) is 6.42 Å². The van der Waals surface area contributed by atoms with Gasteiger partial charge in [0, 0.05) is 6.04 Å². The van der Waals surface area contributed by atoms with E-state index in [-0.39, 0.29) is 17.9 Å². The number of rotatable bonds is 5. The average Bonchev–Trinajstić information content (AvgIpc) is 2.99. The third-order valence-electron chi connectivity index (χ3n) is 4.08. The van der Waals surface area contributed by atoms with Gasteiger partial charge in [0.1, 0.15) is 11.2 Å². The lowest BCUT2D eigenvalue weighted by Gasteiger charge is -2.28. The number of hydrogen-bond acceptors (Lipinski definition) is 3. The first-order chi connectivity index (χ1) is 10.00. The summed E-state index contributed by atoms with van der Waals surface area (Å²) in [5.74, 6) is 0.186. The van der Waals surface area contributed by atoms with Crippen molar-refractivity contribution >= 4 is 11.8 Å². The summed E-state index contributed by atoms with van der Waals surface area (Å²) >= 11 is 0. The van der Waals surface area contributed by atoms with Gasteiger partial charge in [0.2, 0.25) is 11.8 Å². The second-order valence-electron chi connectivity index (χ2n) is 6.20. The third kappa shape index (κ3) is 4.09. The van der Waals surface area contributed by atoms with Gasteiger partial charge in [-0.1, -0.05) is 19.3 Å². The fourth-order valence-corrected chi connectivity index (χ4v) is 2.52. The van der Waals surface area contributed by atoms with Crippen LogP contribution in [-0.2, 0) is 16.1 Å². The summed E-state index contributed by atoms with van der Waals surface area (Å²) in [6.07, 6.45) is 7.11. The molecule has 21 heavy (non-hydrogen) atoms. The van der Waals surface area contributed by atoms with E-state index >= 15 is 0 Å². The summed E-state index contributed by atoms with van der Waals surface area (Å²) in [6, 6.07) is 3.76. The van der Waals surface area contributed by atoms with E-state index in [9.17, 15) is 9.59 Å². The zero-order valence-electron chi connectivity index (χ0n) is 12.8. The highest BCUT2D eigenvalue weighted by Crippen LogP contribution is 2.21. The number of hydrogen-bond donors (Lipinski definition) is 2. The van der Waals surface area contributed by atoms with Crippen LogP contribution in [0, 0.1) is 5.41 Å². The molecule has 2 N–H and O–H groups in total. The molecule has 1 aliphatic carbocycles. The van der Waals surface area contributed by atoms with Crippen molar-refractivity contribution in [2.75, 3.05) is 0 Å². The number of amides is 2. The molecule has 0 spiro atoms. The fourth-order valence-electron chi connectivity index (χ4n) is 2.52. The van der Waals surface area contributed by atoms with Crippen molar-refractivity contribution in [3.8, 4) is 0 Å². The predicted molar refractivity (Wildman–Crippen MR) is 79.4 cm³/mol. The summed E-state index contributed by atoms with van der Waals surface area (Å²) in [5.41, 5.74) is -1.08. The Morgan fingerprint density at radius 2 is 1.95 bits per heavy atom. The van der Waals surface area contributed by atoms with Crippen molar-refractivity contribution < 1.29 is 14.0 Å². The molecule has 116 valence electrons. The van der Waals surface area contributed by atoms with Gasteiger partial charge < -0.3 is 15.1 Å². The van der Waals surface area contributed by atoms with Crippen molar-refractivity contribution in [2.45, 2.75) is 58.5 Å². The second-order valence-corrected chi connectivity index (χ2v) is 6.20. The molecule has 1 heterocycles. The first-order valence-electron chi connectivity index (χ1n) is 7.62. The van der Waals surface area contributed by atoms with Crippen molar-refractivity contribution in [1.82, 2.24) is 10.6 Å². The minimum absolute atomic E-state index is 0.202. The van der Waals surface area contributed by atoms with Crippen LogP contribution in [0.15, 0.2) is 22.8 Å². The van der Waals surface area contributed by atoms with Crippen molar-refractivity contribution in [2.24, 2.45) is 5.41 Å². The van der Waals surface area contributed by atoms with Gasteiger partial charge in [-0.05, 0) is 38.8 Å². The highest BCUT2D eigenvalue weighted by Gasteiger charge is 2.37. The molecule has 5 nitrogen and oxygen atoms in total. The van der Waals surface area contributed by atoms with Crippen molar-refractivity contribution in [3.63, 3.8) is 0 Å². The van der Waals surface area contributed by atoms with E-state index in [2.05, 4.69) is 10.6 Å². The van der Waals surface area contributed by atoms with Crippen LogP contribution in [0.5, 0.6) is 0 Å². The molecule has 0 saturated heterocycles. The largest absolute Gasteiger partial charge is 0.467 e. The molecule has 0 bridgehead atoms. The van der Waals surface area contributed by atoms with E-state index in [1.807, 2.05) is 0 Å². The predicted octanol–water partition coefficient (Wildman–Crippen LogP) is 2.37. The Bertz CT molecular complexity index is 474. The minimum atomic E-state index is -1.08. The van der Waals surface area contributed by atoms with E-state index in [4.69, 9.17) is 4.42 Å². The highest BCUT2D eigenvalue weighted by molar-refractivity contribution is 6.04. The highest BCUT2D eigenvalue weighted by atomic mass is 16.3. The number of carbonyl (C=O) groups is 2. The van der Waals surface area contributed by atoms with Gasteiger partial charge in [-0.3, -0.25) is 9.59 Å². The SMILES string of the molecule is CC(C)(C(=O)NCc1ccco1)C(=O)NC1CCCCC1. The molecule has 0 aromatic carbocycles. The topological polar surface area (TPSA) is 71.3 Å². The minimum Gasteiger partial charge on any atom is -0.467 e. The Morgan fingerprint density at radius 3 is 2.57 bits per heavy atom. The second kappa shape index (κ2) is 6.78. The lowest BCUT2D eigenvalue weighted by atomic mass is 9.89. The summed E-state index contributed by atoms with van der Waals surface area (Å²) in [4.78, 5) is 24.6. The van der Waals surface area contributed by atoms with Gasteiger partial charge >= 0.3 is 0 Å². The summed E-state index contributed by atoms with van der Waals surface area (Å²) < 4.78 is 5.16. The maximum absolute atomic E-state index is 12.3. The van der Waals surface area contributed by atoms with Crippen molar-refractivity contribution in [1.29, 1.82) is 0 Å². The molecule has 1 fully saturated rings. The lowest BCUT2D eigenvalue weighted by molar-refractivity contribution is -0.142. The molecule has 2 rings (SSSR count). The smallest absolute Gasteiger partial charge is 0.235 e. The Morgan fingerprint density at radius 1 is 1.24 bits per heavy atom. The maximum Gasteiger partial charge on any atom is 0.235 e. The summed E-state index contributed by atoms with van der Waals surface area (Å²) in [6.45, 7) is 3.61. The number of furan rings is 1. The molecule has 0 unspecified atom stereocenters. The van der Waals surface area contributed by atoms with Crippen LogP contribution in [0.4, 0.5) is 0 Å². The molecule has 0 radical (unpaired) electrons. The standard InChI is InChI=1S/C16H24N2O3/c1-16(2,14(19)17-11-13-9-6-10-21-13)15(20)18-12-7-4-3-5-8-12/h6,9-10,12H,3-5,7-8,11H2,1-2H3,(H,17,19)(H,18,20). The van der Waals surface area contributed by atoms with Gasteiger partial charge in [-0.2, -0.15) is 0 Å². The van der Waals surface area contributed by atoms with Crippen LogP contribution >= 0.6 is 0 Å². The molecule has 1 saturated carbocycles. The monoisotopic (exact) mass is 292 g/mol. The molecular weight excluding hydrogens is 268 g/mol. The van der Waals surface area contributed by atoms with E-state index < -0.39 is 5.41 Å². The van der Waals surface area contributed by atoms with Crippen LogP contribution in [0.25, 0.3) is 0 Å². The molecule has 1 aliphatic rings. The third-order valence-corrected chi connectivity index (χ3v) is 4.08. The average molecular weight is 292 g/mol. The Hall–Kier alpha value is -1.78. The number of carbonyl (C=O) groups excluding carboxylic acids is 2. The van der Waals surface area contributed by atoms with E-state index in [0.717, 1.165) is 25.7 Å². The van der Waals surface area contributed by atoms with Crippen LogP contribution in [0.2, 0.25) is 0 Å². The molecular formula is C16H24N2O3. The van der Waals surface area contributed by atoms with Crippen LogP contribution in [-0.4, -0.2) is 17.9 Å². The first-order valence-corrected chi connectivity index (χ1v) is 7.62. The first kappa shape index (κ1) is 15.6. The molecule has 0 atom stereocenters. The maximum atomic E-state index is 12.3. The summed E-state index contributed by atoms with van der Waals surface area (Å²) in [7, 11) is 0. The molecule has 0 aliphatic heterocycles. The Kier molecular flexibility index (Phi) is 5.04. The van der Waals surface area contributed by atoms with Gasteiger partial charge in [-0.15, -0.1) is 0 Å².